The van der Waals surface area contributed by atoms with E-state index in [2.05, 4.69) is 25.2 Å². The van der Waals surface area contributed by atoms with Crippen molar-refractivity contribution in [1.82, 2.24) is 19.9 Å². The molecular formula is C21H27N5O2S. The van der Waals surface area contributed by atoms with Gasteiger partial charge < -0.3 is 19.1 Å². The highest BCUT2D eigenvalue weighted by Gasteiger charge is 2.23. The third kappa shape index (κ3) is 4.93. The second-order valence-corrected chi connectivity index (χ2v) is 8.31. The van der Waals surface area contributed by atoms with Gasteiger partial charge in [-0.25, -0.2) is 0 Å². The summed E-state index contributed by atoms with van der Waals surface area (Å²) < 4.78 is 13.0. The molecule has 0 bridgehead atoms. The van der Waals surface area contributed by atoms with Gasteiger partial charge in [0.15, 0.2) is 11.0 Å². The second-order valence-electron chi connectivity index (χ2n) is 7.37. The van der Waals surface area contributed by atoms with Gasteiger partial charge >= 0.3 is 0 Å². The summed E-state index contributed by atoms with van der Waals surface area (Å²) in [5, 5.41) is 17.4. The average Bonchev–Trinajstić information content (AvgIpc) is 3.37. The number of ether oxygens (including phenoxy) is 1. The van der Waals surface area contributed by atoms with Crippen molar-refractivity contribution in [2.75, 3.05) is 12.4 Å². The summed E-state index contributed by atoms with van der Waals surface area (Å²) in [6.07, 6.45) is 6.20. The minimum Gasteiger partial charge on any atom is -0.497 e. The minimum absolute atomic E-state index is 0.458. The molecule has 1 fully saturated rings. The molecule has 1 N–H and O–H groups in total. The molecule has 154 valence electrons. The summed E-state index contributed by atoms with van der Waals surface area (Å²) in [6.45, 7) is 2.56. The lowest BCUT2D eigenvalue weighted by atomic mass is 9.95. The van der Waals surface area contributed by atoms with Gasteiger partial charge in [0.05, 0.1) is 25.1 Å². The molecule has 8 heteroatoms. The van der Waals surface area contributed by atoms with Crippen molar-refractivity contribution in [1.29, 1.82) is 0 Å². The number of aryl methyl sites for hydroxylation is 1. The van der Waals surface area contributed by atoms with Crippen molar-refractivity contribution >= 4 is 17.4 Å². The van der Waals surface area contributed by atoms with Crippen LogP contribution in [-0.4, -0.2) is 27.0 Å². The normalized spacial score (nSPS) is 14.8. The van der Waals surface area contributed by atoms with Crippen LogP contribution in [0.5, 0.6) is 5.75 Å². The first-order valence-corrected chi connectivity index (χ1v) is 11.1. The molecule has 1 aliphatic carbocycles. The number of anilines is 1. The quantitative estimate of drug-likeness (QED) is 0.521. The molecule has 0 unspecified atom stereocenters. The topological polar surface area (TPSA) is 78.0 Å². The third-order valence-electron chi connectivity index (χ3n) is 5.22. The van der Waals surface area contributed by atoms with Crippen LogP contribution in [0.4, 0.5) is 5.69 Å². The number of hydrogen-bond acceptors (Lipinski definition) is 7. The van der Waals surface area contributed by atoms with E-state index < -0.39 is 0 Å². The Morgan fingerprint density at radius 1 is 1.21 bits per heavy atom. The van der Waals surface area contributed by atoms with Crippen molar-refractivity contribution in [2.24, 2.45) is 0 Å². The van der Waals surface area contributed by atoms with Crippen molar-refractivity contribution in [2.45, 2.75) is 62.5 Å². The van der Waals surface area contributed by atoms with Crippen LogP contribution in [0.25, 0.3) is 0 Å². The molecule has 0 radical (unpaired) electrons. The lowest BCUT2D eigenvalue weighted by molar-refractivity contribution is 0.330. The zero-order valence-electron chi connectivity index (χ0n) is 16.9. The zero-order chi connectivity index (χ0) is 20.1. The van der Waals surface area contributed by atoms with Gasteiger partial charge in [0.25, 0.3) is 0 Å². The predicted octanol–water partition coefficient (Wildman–Crippen LogP) is 4.99. The molecule has 7 nitrogen and oxygen atoms in total. The van der Waals surface area contributed by atoms with E-state index >= 15 is 0 Å². The fourth-order valence-electron chi connectivity index (χ4n) is 3.77. The standard InChI is InChI=1S/C21H27N5O2S/c1-15-11-19(28-25-15)14-29-21-24-23-20(26(21)17-8-4-3-5-9-17)13-22-16-7-6-10-18(12-16)27-2/h6-7,10-12,17,22H,3-5,8-9,13-14H2,1-2H3. The van der Waals surface area contributed by atoms with E-state index in [9.17, 15) is 0 Å². The van der Waals surface area contributed by atoms with Gasteiger partial charge in [0, 0.05) is 23.9 Å². The molecule has 3 aromatic rings. The third-order valence-corrected chi connectivity index (χ3v) is 6.18. The van der Waals surface area contributed by atoms with Crippen molar-refractivity contribution in [3.05, 3.63) is 47.6 Å². The van der Waals surface area contributed by atoms with Gasteiger partial charge in [-0.1, -0.05) is 42.2 Å². The molecule has 2 heterocycles. The molecule has 1 saturated carbocycles. The summed E-state index contributed by atoms with van der Waals surface area (Å²) in [5.41, 5.74) is 1.91. The first kappa shape index (κ1) is 19.8. The monoisotopic (exact) mass is 413 g/mol. The molecule has 0 atom stereocenters. The van der Waals surface area contributed by atoms with Crippen LogP contribution < -0.4 is 10.1 Å². The first-order valence-electron chi connectivity index (χ1n) is 10.1. The molecule has 4 rings (SSSR count). The van der Waals surface area contributed by atoms with Crippen LogP contribution in [0.15, 0.2) is 40.0 Å². The maximum Gasteiger partial charge on any atom is 0.191 e. The lowest BCUT2D eigenvalue weighted by Gasteiger charge is -2.25. The fraction of sp³-hybridized carbons (Fsp3) is 0.476. The number of hydrogen-bond donors (Lipinski definition) is 1. The van der Waals surface area contributed by atoms with Gasteiger partial charge in [-0.3, -0.25) is 0 Å². The Hall–Kier alpha value is -2.48. The maximum absolute atomic E-state index is 5.35. The lowest BCUT2D eigenvalue weighted by Crippen LogP contribution is -2.18. The van der Waals surface area contributed by atoms with E-state index in [1.165, 1.54) is 32.1 Å². The van der Waals surface area contributed by atoms with Gasteiger partial charge in [-0.15, -0.1) is 10.2 Å². The van der Waals surface area contributed by atoms with E-state index in [1.807, 2.05) is 37.3 Å². The van der Waals surface area contributed by atoms with Gasteiger partial charge in [0.1, 0.15) is 11.5 Å². The largest absolute Gasteiger partial charge is 0.497 e. The summed E-state index contributed by atoms with van der Waals surface area (Å²) in [5.74, 6) is 3.37. The minimum atomic E-state index is 0.458. The number of nitrogens with one attached hydrogen (secondary N) is 1. The van der Waals surface area contributed by atoms with Crippen LogP contribution in [0.3, 0.4) is 0 Å². The van der Waals surface area contributed by atoms with E-state index in [0.29, 0.717) is 18.3 Å². The number of thioether (sulfide) groups is 1. The molecule has 29 heavy (non-hydrogen) atoms. The van der Waals surface area contributed by atoms with Crippen LogP contribution >= 0.6 is 11.8 Å². The zero-order valence-corrected chi connectivity index (χ0v) is 17.7. The predicted molar refractivity (Wildman–Crippen MR) is 113 cm³/mol. The van der Waals surface area contributed by atoms with Crippen molar-refractivity contribution in [3.63, 3.8) is 0 Å². The van der Waals surface area contributed by atoms with Crippen LogP contribution in [0.2, 0.25) is 0 Å². The van der Waals surface area contributed by atoms with Crippen molar-refractivity contribution in [3.8, 4) is 5.75 Å². The first-order chi connectivity index (χ1) is 14.2. The molecule has 0 amide bonds. The summed E-state index contributed by atoms with van der Waals surface area (Å²) >= 11 is 1.66. The number of methoxy groups -OCH3 is 1. The highest BCUT2D eigenvalue weighted by Crippen LogP contribution is 2.34. The molecule has 0 saturated heterocycles. The summed E-state index contributed by atoms with van der Waals surface area (Å²) in [6, 6.07) is 10.4. The number of rotatable bonds is 8. The maximum atomic E-state index is 5.35. The SMILES string of the molecule is COc1cccc(NCc2nnc(SCc3cc(C)no3)n2C2CCCCC2)c1. The number of nitrogens with zero attached hydrogens (tertiary/aromatic N) is 4. The summed E-state index contributed by atoms with van der Waals surface area (Å²) in [4.78, 5) is 0. The Morgan fingerprint density at radius 3 is 2.83 bits per heavy atom. The van der Waals surface area contributed by atoms with Gasteiger partial charge in [-0.2, -0.15) is 0 Å². The molecule has 1 aromatic carbocycles. The highest BCUT2D eigenvalue weighted by molar-refractivity contribution is 7.98. The Bertz CT molecular complexity index is 933. The number of benzene rings is 1. The van der Waals surface area contributed by atoms with E-state index in [-0.39, 0.29) is 0 Å². The summed E-state index contributed by atoms with van der Waals surface area (Å²) in [7, 11) is 1.68. The molecule has 1 aliphatic rings. The smallest absolute Gasteiger partial charge is 0.191 e. The number of aromatic nitrogens is 4. The Kier molecular flexibility index (Phi) is 6.39. The Labute approximate surface area is 175 Å². The second kappa shape index (κ2) is 9.35. The van der Waals surface area contributed by atoms with Crippen molar-refractivity contribution < 1.29 is 9.26 Å². The van der Waals surface area contributed by atoms with Gasteiger partial charge in [0.2, 0.25) is 0 Å². The molecule has 0 spiro atoms. The molecule has 0 aliphatic heterocycles. The van der Waals surface area contributed by atoms with E-state index in [0.717, 1.165) is 33.9 Å². The van der Waals surface area contributed by atoms with Crippen LogP contribution in [0.1, 0.15) is 55.4 Å². The highest BCUT2D eigenvalue weighted by atomic mass is 32.2. The van der Waals surface area contributed by atoms with Gasteiger partial charge in [-0.05, 0) is 31.9 Å². The fourth-order valence-corrected chi connectivity index (χ4v) is 4.67. The Morgan fingerprint density at radius 2 is 2.07 bits per heavy atom. The van der Waals surface area contributed by atoms with Crippen LogP contribution in [0, 0.1) is 6.92 Å². The molecule has 2 aromatic heterocycles. The average molecular weight is 414 g/mol. The molecular weight excluding hydrogens is 386 g/mol. The Balaban J connectivity index is 1.51. The van der Waals surface area contributed by atoms with E-state index in [4.69, 9.17) is 9.26 Å². The van der Waals surface area contributed by atoms with Crippen LogP contribution in [-0.2, 0) is 12.3 Å². The van der Waals surface area contributed by atoms with E-state index in [1.54, 1.807) is 18.9 Å².